The Morgan fingerprint density at radius 3 is 2.88 bits per heavy atom. The van der Waals surface area contributed by atoms with E-state index in [2.05, 4.69) is 16.1 Å². The van der Waals surface area contributed by atoms with E-state index in [1.165, 1.54) is 18.2 Å². The van der Waals surface area contributed by atoms with Crippen molar-refractivity contribution in [1.29, 1.82) is 0 Å². The third kappa shape index (κ3) is 4.53. The Labute approximate surface area is 194 Å². The normalized spacial score (nSPS) is 18.9. The number of carbonyl (C=O) groups is 3. The van der Waals surface area contributed by atoms with Gasteiger partial charge in [0.15, 0.2) is 0 Å². The van der Waals surface area contributed by atoms with Crippen molar-refractivity contribution in [3.8, 4) is 0 Å². The number of carbonyl (C=O) groups excluding carboxylic acids is 3. The fraction of sp³-hybridized carbons (Fsp3) is 0.261. The smallest absolute Gasteiger partial charge is 0.325 e. The minimum atomic E-state index is -0.648. The molecule has 3 N–H and O–H groups in total. The van der Waals surface area contributed by atoms with E-state index in [1.54, 1.807) is 6.08 Å². The van der Waals surface area contributed by atoms with E-state index in [1.807, 2.05) is 30.3 Å². The minimum Gasteiger partial charge on any atom is -0.468 e. The molecule has 0 unspecified atom stereocenters. The van der Waals surface area contributed by atoms with Gasteiger partial charge in [-0.15, -0.1) is 0 Å². The molecule has 0 bridgehead atoms. The van der Waals surface area contributed by atoms with Gasteiger partial charge < -0.3 is 15.8 Å². The number of methoxy groups -OCH3 is 1. The molecule has 0 saturated carbocycles. The molecule has 2 aliphatic rings. The molecule has 1 heterocycles. The SMILES string of the molecule is COC(=O)CN1C(=O)S/C(=C\c2ccc(N[C@@H]3CCc4cc(Cl)ccc43)c(CN)c2)C1=O. The Balaban J connectivity index is 1.53. The van der Waals surface area contributed by atoms with Gasteiger partial charge in [-0.1, -0.05) is 23.7 Å². The maximum atomic E-state index is 12.5. The minimum absolute atomic E-state index is 0.174. The van der Waals surface area contributed by atoms with Gasteiger partial charge in [-0.2, -0.15) is 0 Å². The number of nitrogens with one attached hydrogen (secondary N) is 1. The average Bonchev–Trinajstić information content (AvgIpc) is 3.29. The van der Waals surface area contributed by atoms with Crippen molar-refractivity contribution in [3.63, 3.8) is 0 Å². The molecule has 2 aromatic rings. The van der Waals surface area contributed by atoms with Gasteiger partial charge in [-0.05, 0) is 77.2 Å². The summed E-state index contributed by atoms with van der Waals surface area (Å²) in [4.78, 5) is 37.2. The first kappa shape index (κ1) is 22.4. The topological polar surface area (TPSA) is 102 Å². The molecule has 0 radical (unpaired) electrons. The highest BCUT2D eigenvalue weighted by Gasteiger charge is 2.36. The van der Waals surface area contributed by atoms with Crippen LogP contribution in [0, 0.1) is 0 Å². The van der Waals surface area contributed by atoms with Crippen LogP contribution in [-0.2, 0) is 27.3 Å². The van der Waals surface area contributed by atoms with Crippen LogP contribution in [0.15, 0.2) is 41.3 Å². The summed E-state index contributed by atoms with van der Waals surface area (Å²) in [6.45, 7) is -0.0858. The van der Waals surface area contributed by atoms with Crippen molar-refractivity contribution in [2.24, 2.45) is 5.73 Å². The Bertz CT molecular complexity index is 1130. The van der Waals surface area contributed by atoms with Crippen molar-refractivity contribution in [1.82, 2.24) is 4.90 Å². The van der Waals surface area contributed by atoms with E-state index in [-0.39, 0.29) is 10.9 Å². The van der Waals surface area contributed by atoms with E-state index >= 15 is 0 Å². The van der Waals surface area contributed by atoms with E-state index in [0.29, 0.717) is 6.54 Å². The number of thioether (sulfide) groups is 1. The van der Waals surface area contributed by atoms with Gasteiger partial charge in [0.05, 0.1) is 18.1 Å². The number of fused-ring (bicyclic) bond motifs is 1. The predicted molar refractivity (Wildman–Crippen MR) is 125 cm³/mol. The second kappa shape index (κ2) is 9.36. The molecule has 9 heteroatoms. The summed E-state index contributed by atoms with van der Waals surface area (Å²) in [5, 5.41) is 3.82. The number of benzene rings is 2. The molecular weight excluding hydrogens is 450 g/mol. The first-order chi connectivity index (χ1) is 15.4. The number of hydrogen-bond donors (Lipinski definition) is 2. The van der Waals surface area contributed by atoms with Gasteiger partial charge in [0.2, 0.25) is 0 Å². The summed E-state index contributed by atoms with van der Waals surface area (Å²) in [7, 11) is 1.21. The summed E-state index contributed by atoms with van der Waals surface area (Å²) in [6, 6.07) is 11.8. The van der Waals surface area contributed by atoms with Crippen molar-refractivity contribution in [2.45, 2.75) is 25.4 Å². The number of nitrogens with zero attached hydrogens (tertiary/aromatic N) is 1. The highest BCUT2D eigenvalue weighted by Crippen LogP contribution is 2.37. The van der Waals surface area contributed by atoms with Gasteiger partial charge in [-0.25, -0.2) is 0 Å². The summed E-state index contributed by atoms with van der Waals surface area (Å²) < 4.78 is 4.55. The van der Waals surface area contributed by atoms with Gasteiger partial charge in [0.1, 0.15) is 6.54 Å². The lowest BCUT2D eigenvalue weighted by molar-refractivity contribution is -0.143. The maximum absolute atomic E-state index is 12.5. The lowest BCUT2D eigenvalue weighted by Crippen LogP contribution is -2.34. The Hall–Kier alpha value is -2.81. The van der Waals surface area contributed by atoms with Crippen molar-refractivity contribution >= 4 is 52.2 Å². The molecule has 2 aromatic carbocycles. The number of imide groups is 1. The molecule has 1 aliphatic carbocycles. The number of amides is 2. The van der Waals surface area contributed by atoms with Crippen LogP contribution < -0.4 is 11.1 Å². The first-order valence-electron chi connectivity index (χ1n) is 10.1. The number of aryl methyl sites for hydroxylation is 1. The quantitative estimate of drug-likeness (QED) is 0.483. The first-order valence-corrected chi connectivity index (χ1v) is 11.3. The van der Waals surface area contributed by atoms with Crippen molar-refractivity contribution < 1.29 is 19.1 Å². The van der Waals surface area contributed by atoms with Crippen LogP contribution in [0.25, 0.3) is 6.08 Å². The average molecular weight is 472 g/mol. The third-order valence-electron chi connectivity index (χ3n) is 5.55. The van der Waals surface area contributed by atoms with Crippen LogP contribution in [0.2, 0.25) is 5.02 Å². The molecule has 0 aromatic heterocycles. The van der Waals surface area contributed by atoms with Gasteiger partial charge >= 0.3 is 5.97 Å². The molecule has 1 aliphatic heterocycles. The monoisotopic (exact) mass is 471 g/mol. The zero-order valence-corrected chi connectivity index (χ0v) is 19.0. The molecular formula is C23H22ClN3O4S. The van der Waals surface area contributed by atoms with Crippen molar-refractivity contribution in [2.75, 3.05) is 19.0 Å². The van der Waals surface area contributed by atoms with E-state index in [4.69, 9.17) is 17.3 Å². The number of esters is 1. The van der Waals surface area contributed by atoms with Gasteiger partial charge in [0, 0.05) is 17.3 Å². The molecule has 4 rings (SSSR count). The van der Waals surface area contributed by atoms with E-state index in [0.717, 1.165) is 51.3 Å². The fourth-order valence-corrected chi connectivity index (χ4v) is 4.95. The van der Waals surface area contributed by atoms with Crippen LogP contribution in [-0.4, -0.2) is 35.7 Å². The lowest BCUT2D eigenvalue weighted by atomic mass is 10.0. The summed E-state index contributed by atoms with van der Waals surface area (Å²) in [5.41, 5.74) is 11.1. The van der Waals surface area contributed by atoms with Crippen LogP contribution in [0.1, 0.15) is 34.7 Å². The van der Waals surface area contributed by atoms with Gasteiger partial charge in [0.25, 0.3) is 11.1 Å². The Morgan fingerprint density at radius 2 is 2.12 bits per heavy atom. The van der Waals surface area contributed by atoms with Crippen LogP contribution >= 0.6 is 23.4 Å². The Morgan fingerprint density at radius 1 is 1.31 bits per heavy atom. The number of nitrogens with two attached hydrogens (primary N) is 1. The molecule has 1 fully saturated rings. The molecule has 0 spiro atoms. The number of hydrogen-bond acceptors (Lipinski definition) is 7. The van der Waals surface area contributed by atoms with Crippen LogP contribution in [0.4, 0.5) is 10.5 Å². The molecule has 1 saturated heterocycles. The maximum Gasteiger partial charge on any atom is 0.325 e. The molecule has 1 atom stereocenters. The Kier molecular flexibility index (Phi) is 6.55. The fourth-order valence-electron chi connectivity index (χ4n) is 3.92. The molecule has 32 heavy (non-hydrogen) atoms. The second-order valence-corrected chi connectivity index (χ2v) is 8.97. The largest absolute Gasteiger partial charge is 0.468 e. The zero-order chi connectivity index (χ0) is 22.8. The predicted octanol–water partition coefficient (Wildman–Crippen LogP) is 4.11. The van der Waals surface area contributed by atoms with Gasteiger partial charge in [-0.3, -0.25) is 19.3 Å². The summed E-state index contributed by atoms with van der Waals surface area (Å²) >= 11 is 6.91. The number of rotatable bonds is 6. The van der Waals surface area contributed by atoms with Crippen molar-refractivity contribution in [3.05, 3.63) is 68.6 Å². The second-order valence-electron chi connectivity index (χ2n) is 7.54. The van der Waals surface area contributed by atoms with E-state index in [9.17, 15) is 14.4 Å². The summed E-state index contributed by atoms with van der Waals surface area (Å²) in [6.07, 6.45) is 3.57. The molecule has 2 amide bonds. The zero-order valence-electron chi connectivity index (χ0n) is 17.4. The number of anilines is 1. The highest BCUT2D eigenvalue weighted by molar-refractivity contribution is 8.18. The third-order valence-corrected chi connectivity index (χ3v) is 6.69. The number of halogens is 1. The van der Waals surface area contributed by atoms with E-state index < -0.39 is 23.7 Å². The standard InChI is InChI=1S/C23H22ClN3O4S/c1-31-21(28)12-27-22(29)20(32-23(27)30)9-13-2-6-18(15(8-13)11-25)26-19-7-3-14-10-16(24)4-5-17(14)19/h2,4-6,8-10,19,26H,3,7,11-12,25H2,1H3/b20-9-/t19-/m1/s1. The molecule has 166 valence electrons. The van der Waals surface area contributed by atoms with Crippen LogP contribution in [0.3, 0.4) is 0 Å². The number of ether oxygens (including phenoxy) is 1. The molecule has 7 nitrogen and oxygen atoms in total. The van der Waals surface area contributed by atoms with Crippen LogP contribution in [0.5, 0.6) is 0 Å². The summed E-state index contributed by atoms with van der Waals surface area (Å²) in [5.74, 6) is -1.16. The lowest BCUT2D eigenvalue weighted by Gasteiger charge is -2.19. The highest BCUT2D eigenvalue weighted by atomic mass is 35.5.